The maximum atomic E-state index is 12.3. The number of ether oxygens (including phenoxy) is 3. The minimum atomic E-state index is -0.458. The first kappa shape index (κ1) is 20.3. The molecule has 1 aromatic carbocycles. The molecule has 27 heavy (non-hydrogen) atoms. The van der Waals surface area contributed by atoms with Gasteiger partial charge >= 0.3 is 5.97 Å². The summed E-state index contributed by atoms with van der Waals surface area (Å²) < 4.78 is 15.4. The summed E-state index contributed by atoms with van der Waals surface area (Å²) >= 11 is 0. The Kier molecular flexibility index (Phi) is 7.22. The number of rotatable bonds is 7. The number of nitrogens with zero attached hydrogens (tertiary/aromatic N) is 1. The predicted molar refractivity (Wildman–Crippen MR) is 98.0 cm³/mol. The standard InChI is InChI=1S/C19H24N2O6/c1-25-16-11-13(4-6-18(23)26-2)3-5-15(16)27-12-17(22)21-9-7-14(8-10-21)19(20)24/h3-6,11,14H,7-10,12H2,1-2H3,(H2,20,24)/b6-4+. The molecule has 1 heterocycles. The van der Waals surface area contributed by atoms with E-state index in [9.17, 15) is 14.4 Å². The summed E-state index contributed by atoms with van der Waals surface area (Å²) in [6.45, 7) is 0.851. The van der Waals surface area contributed by atoms with E-state index in [-0.39, 0.29) is 24.3 Å². The van der Waals surface area contributed by atoms with E-state index < -0.39 is 5.97 Å². The number of piperidine rings is 1. The van der Waals surface area contributed by atoms with Crippen molar-refractivity contribution in [2.24, 2.45) is 11.7 Å². The van der Waals surface area contributed by atoms with Gasteiger partial charge in [0, 0.05) is 25.1 Å². The molecule has 0 saturated carbocycles. The van der Waals surface area contributed by atoms with Crippen LogP contribution in [-0.4, -0.2) is 56.6 Å². The summed E-state index contributed by atoms with van der Waals surface area (Å²) in [7, 11) is 2.80. The van der Waals surface area contributed by atoms with Gasteiger partial charge in [-0.05, 0) is 36.6 Å². The predicted octanol–water partition coefficient (Wildman–Crippen LogP) is 0.984. The van der Waals surface area contributed by atoms with Crippen LogP contribution in [0.25, 0.3) is 6.08 Å². The zero-order valence-corrected chi connectivity index (χ0v) is 15.5. The highest BCUT2D eigenvalue weighted by molar-refractivity contribution is 5.87. The Balaban J connectivity index is 1.93. The molecule has 1 saturated heterocycles. The lowest BCUT2D eigenvalue weighted by molar-refractivity contribution is -0.136. The van der Waals surface area contributed by atoms with Gasteiger partial charge in [0.15, 0.2) is 18.1 Å². The van der Waals surface area contributed by atoms with Crippen LogP contribution < -0.4 is 15.2 Å². The Morgan fingerprint density at radius 2 is 1.89 bits per heavy atom. The Labute approximate surface area is 157 Å². The van der Waals surface area contributed by atoms with Crippen molar-refractivity contribution in [3.63, 3.8) is 0 Å². The third-order valence-electron chi connectivity index (χ3n) is 4.40. The minimum Gasteiger partial charge on any atom is -0.493 e. The van der Waals surface area contributed by atoms with E-state index in [1.807, 2.05) is 0 Å². The van der Waals surface area contributed by atoms with Crippen LogP contribution >= 0.6 is 0 Å². The molecule has 0 atom stereocenters. The number of likely N-dealkylation sites (tertiary alicyclic amines) is 1. The maximum absolute atomic E-state index is 12.3. The second-order valence-electron chi connectivity index (χ2n) is 6.11. The number of primary amides is 1. The highest BCUT2D eigenvalue weighted by atomic mass is 16.5. The molecule has 0 aromatic heterocycles. The molecule has 0 spiro atoms. The molecule has 1 aliphatic rings. The number of esters is 1. The Bertz CT molecular complexity index is 723. The number of nitrogens with two attached hydrogens (primary N) is 1. The third-order valence-corrected chi connectivity index (χ3v) is 4.40. The van der Waals surface area contributed by atoms with E-state index in [2.05, 4.69) is 4.74 Å². The van der Waals surface area contributed by atoms with Crippen molar-refractivity contribution in [3.8, 4) is 11.5 Å². The number of hydrogen-bond acceptors (Lipinski definition) is 6. The molecule has 0 unspecified atom stereocenters. The van der Waals surface area contributed by atoms with E-state index in [0.717, 1.165) is 5.56 Å². The topological polar surface area (TPSA) is 108 Å². The van der Waals surface area contributed by atoms with Crippen LogP contribution in [0.3, 0.4) is 0 Å². The van der Waals surface area contributed by atoms with E-state index in [1.54, 1.807) is 29.2 Å². The fourth-order valence-electron chi connectivity index (χ4n) is 2.78. The normalized spacial score (nSPS) is 14.8. The van der Waals surface area contributed by atoms with E-state index in [0.29, 0.717) is 37.4 Å². The minimum absolute atomic E-state index is 0.130. The highest BCUT2D eigenvalue weighted by Gasteiger charge is 2.26. The Morgan fingerprint density at radius 3 is 2.48 bits per heavy atom. The number of amides is 2. The lowest BCUT2D eigenvalue weighted by atomic mass is 9.96. The van der Waals surface area contributed by atoms with Gasteiger partial charge in [0.1, 0.15) is 0 Å². The maximum Gasteiger partial charge on any atom is 0.330 e. The zero-order chi connectivity index (χ0) is 19.8. The van der Waals surface area contributed by atoms with Gasteiger partial charge in [0.05, 0.1) is 14.2 Å². The summed E-state index contributed by atoms with van der Waals surface area (Å²) in [5.41, 5.74) is 6.03. The monoisotopic (exact) mass is 376 g/mol. The molecule has 1 aliphatic heterocycles. The average molecular weight is 376 g/mol. The van der Waals surface area contributed by atoms with Crippen LogP contribution in [0.2, 0.25) is 0 Å². The molecule has 8 heteroatoms. The molecular formula is C19H24N2O6. The summed E-state index contributed by atoms with van der Waals surface area (Å²) in [5.74, 6) is -0.227. The van der Waals surface area contributed by atoms with Crippen LogP contribution in [-0.2, 0) is 19.1 Å². The van der Waals surface area contributed by atoms with Crippen molar-refractivity contribution in [2.45, 2.75) is 12.8 Å². The van der Waals surface area contributed by atoms with Gasteiger partial charge in [0.2, 0.25) is 5.91 Å². The second-order valence-corrected chi connectivity index (χ2v) is 6.11. The molecule has 0 bridgehead atoms. The van der Waals surface area contributed by atoms with Gasteiger partial charge in [-0.25, -0.2) is 4.79 Å². The van der Waals surface area contributed by atoms with Crippen LogP contribution in [0.1, 0.15) is 18.4 Å². The number of carbonyl (C=O) groups excluding carboxylic acids is 3. The lowest BCUT2D eigenvalue weighted by Crippen LogP contribution is -2.43. The number of methoxy groups -OCH3 is 2. The van der Waals surface area contributed by atoms with Crippen molar-refractivity contribution in [3.05, 3.63) is 29.8 Å². The van der Waals surface area contributed by atoms with E-state index in [4.69, 9.17) is 15.2 Å². The van der Waals surface area contributed by atoms with Crippen molar-refractivity contribution in [2.75, 3.05) is 33.9 Å². The number of benzene rings is 1. The SMILES string of the molecule is COC(=O)/C=C/c1ccc(OCC(=O)N2CCC(C(N)=O)CC2)c(OC)c1. The summed E-state index contributed by atoms with van der Waals surface area (Å²) in [5, 5.41) is 0. The Hall–Kier alpha value is -3.03. The van der Waals surface area contributed by atoms with Crippen molar-refractivity contribution >= 4 is 23.9 Å². The van der Waals surface area contributed by atoms with Crippen molar-refractivity contribution in [1.82, 2.24) is 4.90 Å². The van der Waals surface area contributed by atoms with Crippen LogP contribution in [0.4, 0.5) is 0 Å². The summed E-state index contributed by atoms with van der Waals surface area (Å²) in [4.78, 5) is 36.3. The van der Waals surface area contributed by atoms with Crippen LogP contribution in [0, 0.1) is 5.92 Å². The van der Waals surface area contributed by atoms with Gasteiger partial charge < -0.3 is 24.8 Å². The van der Waals surface area contributed by atoms with Gasteiger partial charge in [-0.2, -0.15) is 0 Å². The summed E-state index contributed by atoms with van der Waals surface area (Å²) in [6.07, 6.45) is 4.04. The van der Waals surface area contributed by atoms with Gasteiger partial charge in [0.25, 0.3) is 5.91 Å². The number of hydrogen-bond donors (Lipinski definition) is 1. The summed E-state index contributed by atoms with van der Waals surface area (Å²) in [6, 6.07) is 5.10. The molecule has 8 nitrogen and oxygen atoms in total. The van der Waals surface area contributed by atoms with Gasteiger partial charge in [-0.1, -0.05) is 6.07 Å². The molecule has 2 amide bonds. The second kappa shape index (κ2) is 9.61. The van der Waals surface area contributed by atoms with E-state index >= 15 is 0 Å². The van der Waals surface area contributed by atoms with Crippen LogP contribution in [0.5, 0.6) is 11.5 Å². The first-order valence-corrected chi connectivity index (χ1v) is 8.58. The zero-order valence-electron chi connectivity index (χ0n) is 15.5. The van der Waals surface area contributed by atoms with Crippen molar-refractivity contribution < 1.29 is 28.6 Å². The molecule has 2 rings (SSSR count). The molecule has 2 N–H and O–H groups in total. The smallest absolute Gasteiger partial charge is 0.330 e. The quantitative estimate of drug-likeness (QED) is 0.561. The van der Waals surface area contributed by atoms with Gasteiger partial charge in [-0.15, -0.1) is 0 Å². The van der Waals surface area contributed by atoms with Crippen molar-refractivity contribution in [1.29, 1.82) is 0 Å². The molecule has 146 valence electrons. The first-order valence-electron chi connectivity index (χ1n) is 8.58. The largest absolute Gasteiger partial charge is 0.493 e. The average Bonchev–Trinajstić information content (AvgIpc) is 2.70. The van der Waals surface area contributed by atoms with E-state index in [1.165, 1.54) is 20.3 Å². The highest BCUT2D eigenvalue weighted by Crippen LogP contribution is 2.28. The molecule has 0 aliphatic carbocycles. The van der Waals surface area contributed by atoms with Gasteiger partial charge in [-0.3, -0.25) is 9.59 Å². The molecule has 1 fully saturated rings. The lowest BCUT2D eigenvalue weighted by Gasteiger charge is -2.30. The fraction of sp³-hybridized carbons (Fsp3) is 0.421. The molecular weight excluding hydrogens is 352 g/mol. The first-order chi connectivity index (χ1) is 12.9. The third kappa shape index (κ3) is 5.73. The molecule has 0 radical (unpaired) electrons. The van der Waals surface area contributed by atoms with Crippen LogP contribution in [0.15, 0.2) is 24.3 Å². The Morgan fingerprint density at radius 1 is 1.19 bits per heavy atom. The molecule has 1 aromatic rings. The number of carbonyl (C=O) groups is 3. The fourth-order valence-corrected chi connectivity index (χ4v) is 2.78.